The molecule has 0 saturated carbocycles. The lowest BCUT2D eigenvalue weighted by Crippen LogP contribution is -2.42. The van der Waals surface area contributed by atoms with E-state index in [0.717, 1.165) is 0 Å². The molecule has 0 saturated heterocycles. The Labute approximate surface area is 106 Å². The molecule has 3 N–H and O–H groups in total. The first kappa shape index (κ1) is 14.1. The summed E-state index contributed by atoms with van der Waals surface area (Å²) in [5.74, 6) is 0.356. The van der Waals surface area contributed by atoms with Gasteiger partial charge in [-0.3, -0.25) is 14.7 Å². The highest BCUT2D eigenvalue weighted by molar-refractivity contribution is 5.87. The Hall–Kier alpha value is -1.92. The average Bonchev–Trinajstić information content (AvgIpc) is 2.77. The minimum Gasteiger partial charge on any atom is -0.354 e. The first-order chi connectivity index (χ1) is 8.39. The molecular weight excluding hydrogens is 234 g/mol. The molecule has 7 nitrogen and oxygen atoms in total. The summed E-state index contributed by atoms with van der Waals surface area (Å²) in [6.45, 7) is 5.84. The maximum atomic E-state index is 11.5. The van der Waals surface area contributed by atoms with Crippen LogP contribution >= 0.6 is 0 Å². The molecule has 2 amide bonds. The Morgan fingerprint density at radius 1 is 1.33 bits per heavy atom. The summed E-state index contributed by atoms with van der Waals surface area (Å²) in [6, 6.07) is 0. The Kier molecular flexibility index (Phi) is 4.82. The van der Waals surface area contributed by atoms with Crippen LogP contribution in [0.3, 0.4) is 0 Å². The van der Waals surface area contributed by atoms with Crippen LogP contribution < -0.4 is 10.6 Å². The summed E-state index contributed by atoms with van der Waals surface area (Å²) in [7, 11) is 0. The van der Waals surface area contributed by atoms with E-state index in [1.165, 1.54) is 6.33 Å². The molecule has 7 heteroatoms. The maximum Gasteiger partial charge on any atom is 0.239 e. The Morgan fingerprint density at radius 2 is 2.06 bits per heavy atom. The summed E-state index contributed by atoms with van der Waals surface area (Å²) < 4.78 is 0. The lowest BCUT2D eigenvalue weighted by molar-refractivity contribution is -0.131. The zero-order valence-electron chi connectivity index (χ0n) is 10.9. The number of rotatable bonds is 5. The molecule has 0 bridgehead atoms. The van der Waals surface area contributed by atoms with E-state index in [1.54, 1.807) is 20.8 Å². The van der Waals surface area contributed by atoms with Crippen molar-refractivity contribution in [1.82, 2.24) is 25.8 Å². The van der Waals surface area contributed by atoms with E-state index in [2.05, 4.69) is 25.8 Å². The van der Waals surface area contributed by atoms with Crippen molar-refractivity contribution >= 4 is 11.8 Å². The van der Waals surface area contributed by atoms with Crippen molar-refractivity contribution in [2.24, 2.45) is 5.41 Å². The van der Waals surface area contributed by atoms with Gasteiger partial charge in [0.1, 0.15) is 12.2 Å². The molecule has 0 fully saturated rings. The van der Waals surface area contributed by atoms with Crippen molar-refractivity contribution in [3.8, 4) is 0 Å². The molecule has 1 aromatic heterocycles. The molecule has 0 atom stereocenters. The van der Waals surface area contributed by atoms with Gasteiger partial charge in [0.2, 0.25) is 11.8 Å². The van der Waals surface area contributed by atoms with Crippen molar-refractivity contribution in [2.75, 3.05) is 13.1 Å². The quantitative estimate of drug-likeness (QED) is 0.666. The smallest absolute Gasteiger partial charge is 0.239 e. The van der Waals surface area contributed by atoms with Crippen LogP contribution in [0.1, 0.15) is 26.6 Å². The fraction of sp³-hybridized carbons (Fsp3) is 0.636. The molecule has 0 aliphatic carbocycles. The van der Waals surface area contributed by atoms with E-state index in [9.17, 15) is 9.59 Å². The number of nitrogens with zero attached hydrogens (tertiary/aromatic N) is 2. The van der Waals surface area contributed by atoms with Gasteiger partial charge in [-0.05, 0) is 0 Å². The highest BCUT2D eigenvalue weighted by atomic mass is 16.2. The SMILES string of the molecule is CC(C)(C)C(=O)NCC(=O)NCCc1ncn[nH]1. The van der Waals surface area contributed by atoms with Crippen LogP contribution in [0.2, 0.25) is 0 Å². The van der Waals surface area contributed by atoms with Crippen molar-refractivity contribution in [1.29, 1.82) is 0 Å². The Bertz CT molecular complexity index is 394. The normalized spacial score (nSPS) is 11.1. The number of nitrogens with one attached hydrogen (secondary N) is 3. The molecular formula is C11H19N5O2. The van der Waals surface area contributed by atoms with Crippen molar-refractivity contribution in [2.45, 2.75) is 27.2 Å². The minimum absolute atomic E-state index is 0.00743. The molecule has 0 radical (unpaired) electrons. The van der Waals surface area contributed by atoms with E-state index in [0.29, 0.717) is 18.8 Å². The second-order valence-corrected chi connectivity index (χ2v) is 4.96. The second-order valence-electron chi connectivity index (χ2n) is 4.96. The first-order valence-corrected chi connectivity index (χ1v) is 5.79. The summed E-state index contributed by atoms with van der Waals surface area (Å²) in [5, 5.41) is 11.7. The topological polar surface area (TPSA) is 99.8 Å². The van der Waals surface area contributed by atoms with Gasteiger partial charge in [0.25, 0.3) is 0 Å². The summed E-state index contributed by atoms with van der Waals surface area (Å²) in [4.78, 5) is 26.9. The standard InChI is InChI=1S/C11H19N5O2/c1-11(2,3)10(18)13-6-9(17)12-5-4-8-14-7-15-16-8/h7H,4-6H2,1-3H3,(H,12,17)(H,13,18)(H,14,15,16). The number of aromatic nitrogens is 3. The zero-order chi connectivity index (χ0) is 13.6. The number of aromatic amines is 1. The van der Waals surface area contributed by atoms with Gasteiger partial charge in [0, 0.05) is 18.4 Å². The van der Waals surface area contributed by atoms with Crippen LogP contribution in [0.4, 0.5) is 0 Å². The number of carbonyl (C=O) groups excluding carboxylic acids is 2. The monoisotopic (exact) mass is 253 g/mol. The molecule has 100 valence electrons. The van der Waals surface area contributed by atoms with Crippen LogP contribution in [0, 0.1) is 5.41 Å². The van der Waals surface area contributed by atoms with Crippen LogP contribution in [-0.2, 0) is 16.0 Å². The van der Waals surface area contributed by atoms with Crippen molar-refractivity contribution < 1.29 is 9.59 Å². The minimum atomic E-state index is -0.486. The predicted molar refractivity (Wildman–Crippen MR) is 65.6 cm³/mol. The molecule has 1 rings (SSSR count). The Morgan fingerprint density at radius 3 is 2.61 bits per heavy atom. The Balaban J connectivity index is 2.16. The van der Waals surface area contributed by atoms with Crippen molar-refractivity contribution in [3.05, 3.63) is 12.2 Å². The van der Waals surface area contributed by atoms with Gasteiger partial charge < -0.3 is 10.6 Å². The summed E-state index contributed by atoms with van der Waals surface area (Å²) >= 11 is 0. The zero-order valence-corrected chi connectivity index (χ0v) is 10.9. The van der Waals surface area contributed by atoms with Crippen molar-refractivity contribution in [3.63, 3.8) is 0 Å². The maximum absolute atomic E-state index is 11.5. The molecule has 1 heterocycles. The molecule has 0 aliphatic rings. The van der Waals surface area contributed by atoms with Crippen LogP contribution in [0.25, 0.3) is 0 Å². The highest BCUT2D eigenvalue weighted by Gasteiger charge is 2.21. The molecule has 0 spiro atoms. The van der Waals surface area contributed by atoms with Gasteiger partial charge in [-0.2, -0.15) is 5.10 Å². The van der Waals surface area contributed by atoms with Gasteiger partial charge in [0.05, 0.1) is 6.54 Å². The van der Waals surface area contributed by atoms with Gasteiger partial charge >= 0.3 is 0 Å². The van der Waals surface area contributed by atoms with E-state index < -0.39 is 5.41 Å². The molecule has 1 aromatic rings. The molecule has 0 aromatic carbocycles. The van der Waals surface area contributed by atoms with E-state index in [4.69, 9.17) is 0 Å². The van der Waals surface area contributed by atoms with E-state index in [-0.39, 0.29) is 18.4 Å². The number of amides is 2. The van der Waals surface area contributed by atoms with Gasteiger partial charge in [-0.1, -0.05) is 20.8 Å². The third kappa shape index (κ3) is 4.94. The fourth-order valence-electron chi connectivity index (χ4n) is 1.16. The molecule has 18 heavy (non-hydrogen) atoms. The van der Waals surface area contributed by atoms with E-state index in [1.807, 2.05) is 0 Å². The van der Waals surface area contributed by atoms with Gasteiger partial charge in [-0.15, -0.1) is 0 Å². The summed E-state index contributed by atoms with van der Waals surface area (Å²) in [6.07, 6.45) is 2.00. The average molecular weight is 253 g/mol. The lowest BCUT2D eigenvalue weighted by Gasteiger charge is -2.17. The van der Waals surface area contributed by atoms with E-state index >= 15 is 0 Å². The summed E-state index contributed by atoms with van der Waals surface area (Å²) in [5.41, 5.74) is -0.486. The van der Waals surface area contributed by atoms with Gasteiger partial charge in [-0.25, -0.2) is 4.98 Å². The predicted octanol–water partition coefficient (Wildman–Crippen LogP) is -0.374. The lowest BCUT2D eigenvalue weighted by atomic mass is 9.96. The molecule has 0 unspecified atom stereocenters. The largest absolute Gasteiger partial charge is 0.354 e. The second kappa shape index (κ2) is 6.13. The fourth-order valence-corrected chi connectivity index (χ4v) is 1.16. The number of carbonyl (C=O) groups is 2. The third-order valence-corrected chi connectivity index (χ3v) is 2.24. The van der Waals surface area contributed by atoms with Crippen LogP contribution in [-0.4, -0.2) is 40.1 Å². The van der Waals surface area contributed by atoms with Gasteiger partial charge in [0.15, 0.2) is 0 Å². The third-order valence-electron chi connectivity index (χ3n) is 2.24. The van der Waals surface area contributed by atoms with Crippen LogP contribution in [0.5, 0.6) is 0 Å². The first-order valence-electron chi connectivity index (χ1n) is 5.79. The number of H-pyrrole nitrogens is 1. The number of hydrogen-bond acceptors (Lipinski definition) is 4. The molecule has 0 aliphatic heterocycles. The number of hydrogen-bond donors (Lipinski definition) is 3. The van der Waals surface area contributed by atoms with Crippen LogP contribution in [0.15, 0.2) is 6.33 Å². The highest BCUT2D eigenvalue weighted by Crippen LogP contribution is 2.11.